The molecule has 0 amide bonds. The minimum Gasteiger partial charge on any atom is -0.390 e. The molecule has 1 unspecified atom stereocenters. The third-order valence-electron chi connectivity index (χ3n) is 2.94. The number of aliphatic hydroxyl groups is 2. The Balaban J connectivity index is 1.98. The first-order chi connectivity index (χ1) is 6.71. The van der Waals surface area contributed by atoms with E-state index in [1.807, 2.05) is 5.38 Å². The first-order valence-electron chi connectivity index (χ1n) is 4.99. The second-order valence-corrected chi connectivity index (χ2v) is 4.94. The van der Waals surface area contributed by atoms with Crippen LogP contribution >= 0.6 is 11.3 Å². The maximum Gasteiger partial charge on any atom is 0.0951 e. The van der Waals surface area contributed by atoms with Crippen LogP contribution in [0.5, 0.6) is 0 Å². The Bertz CT molecular complexity index is 280. The quantitative estimate of drug-likeness (QED) is 0.797. The number of thiazole rings is 1. The van der Waals surface area contributed by atoms with Crippen molar-refractivity contribution in [3.63, 3.8) is 0 Å². The van der Waals surface area contributed by atoms with Crippen molar-refractivity contribution in [3.05, 3.63) is 16.6 Å². The molecule has 0 saturated heterocycles. The van der Waals surface area contributed by atoms with Gasteiger partial charge in [0.1, 0.15) is 0 Å². The van der Waals surface area contributed by atoms with E-state index in [1.165, 1.54) is 11.3 Å². The zero-order valence-corrected chi connectivity index (χ0v) is 8.83. The average Bonchev–Trinajstić information content (AvgIpc) is 2.76. The summed E-state index contributed by atoms with van der Waals surface area (Å²) in [5.74, 6) is 0. The van der Waals surface area contributed by atoms with Gasteiger partial charge in [-0.1, -0.05) is 12.8 Å². The van der Waals surface area contributed by atoms with Gasteiger partial charge in [0.05, 0.1) is 16.7 Å². The SMILES string of the molecule is OC(Cc1nccs1)C1(O)CCCC1. The fourth-order valence-electron chi connectivity index (χ4n) is 2.03. The van der Waals surface area contributed by atoms with Gasteiger partial charge < -0.3 is 10.2 Å². The van der Waals surface area contributed by atoms with Crippen LogP contribution in [-0.2, 0) is 6.42 Å². The molecule has 4 heteroatoms. The number of nitrogens with zero attached hydrogens (tertiary/aromatic N) is 1. The lowest BCUT2D eigenvalue weighted by Crippen LogP contribution is -2.40. The van der Waals surface area contributed by atoms with Crippen molar-refractivity contribution in [1.29, 1.82) is 0 Å². The molecule has 1 aliphatic rings. The molecule has 1 saturated carbocycles. The minimum atomic E-state index is -0.855. The van der Waals surface area contributed by atoms with Gasteiger partial charge in [0, 0.05) is 18.0 Å². The lowest BCUT2D eigenvalue weighted by molar-refractivity contribution is -0.0689. The van der Waals surface area contributed by atoms with Crippen LogP contribution in [0, 0.1) is 0 Å². The van der Waals surface area contributed by atoms with Crippen molar-refractivity contribution in [2.75, 3.05) is 0 Å². The van der Waals surface area contributed by atoms with Crippen LogP contribution in [0.3, 0.4) is 0 Å². The van der Waals surface area contributed by atoms with Gasteiger partial charge in [-0.2, -0.15) is 0 Å². The molecular weight excluding hydrogens is 198 g/mol. The Labute approximate surface area is 87.4 Å². The van der Waals surface area contributed by atoms with Crippen LogP contribution in [0.25, 0.3) is 0 Å². The summed E-state index contributed by atoms with van der Waals surface area (Å²) in [4.78, 5) is 4.11. The van der Waals surface area contributed by atoms with E-state index in [1.54, 1.807) is 6.20 Å². The number of rotatable bonds is 3. The number of aliphatic hydroxyl groups excluding tert-OH is 1. The van der Waals surface area contributed by atoms with Crippen molar-refractivity contribution in [2.45, 2.75) is 43.8 Å². The molecule has 1 fully saturated rings. The van der Waals surface area contributed by atoms with Crippen LogP contribution in [0.15, 0.2) is 11.6 Å². The molecule has 1 heterocycles. The normalized spacial score (nSPS) is 22.4. The standard InChI is InChI=1S/C10H15NO2S/c12-8(7-9-11-5-6-14-9)10(13)3-1-2-4-10/h5-6,8,12-13H,1-4,7H2. The topological polar surface area (TPSA) is 53.4 Å². The third-order valence-corrected chi connectivity index (χ3v) is 3.74. The summed E-state index contributed by atoms with van der Waals surface area (Å²) in [5.41, 5.74) is -0.855. The van der Waals surface area contributed by atoms with Crippen molar-refractivity contribution < 1.29 is 10.2 Å². The molecule has 2 rings (SSSR count). The summed E-state index contributed by atoms with van der Waals surface area (Å²) in [5, 5.41) is 22.8. The second-order valence-electron chi connectivity index (χ2n) is 3.96. The molecule has 78 valence electrons. The van der Waals surface area contributed by atoms with Gasteiger partial charge in [-0.05, 0) is 12.8 Å². The molecule has 0 bridgehead atoms. The van der Waals surface area contributed by atoms with E-state index in [2.05, 4.69) is 4.98 Å². The van der Waals surface area contributed by atoms with E-state index >= 15 is 0 Å². The number of aromatic nitrogens is 1. The lowest BCUT2D eigenvalue weighted by Gasteiger charge is -2.27. The highest BCUT2D eigenvalue weighted by Gasteiger charge is 2.38. The van der Waals surface area contributed by atoms with E-state index in [4.69, 9.17) is 0 Å². The van der Waals surface area contributed by atoms with Gasteiger partial charge >= 0.3 is 0 Å². The first-order valence-corrected chi connectivity index (χ1v) is 5.87. The van der Waals surface area contributed by atoms with Gasteiger partial charge in [0.2, 0.25) is 0 Å². The van der Waals surface area contributed by atoms with Gasteiger partial charge in [-0.25, -0.2) is 4.98 Å². The highest BCUT2D eigenvalue weighted by molar-refractivity contribution is 7.09. The molecule has 0 aliphatic heterocycles. The van der Waals surface area contributed by atoms with Gasteiger partial charge in [-0.15, -0.1) is 11.3 Å². The zero-order chi connectivity index (χ0) is 10.0. The Kier molecular flexibility index (Phi) is 2.85. The summed E-state index contributed by atoms with van der Waals surface area (Å²) >= 11 is 1.53. The van der Waals surface area contributed by atoms with E-state index in [0.717, 1.165) is 30.7 Å². The van der Waals surface area contributed by atoms with Crippen molar-refractivity contribution in [2.24, 2.45) is 0 Å². The fourth-order valence-corrected chi connectivity index (χ4v) is 2.68. The summed E-state index contributed by atoms with van der Waals surface area (Å²) in [6.45, 7) is 0. The van der Waals surface area contributed by atoms with E-state index in [9.17, 15) is 10.2 Å². The highest BCUT2D eigenvalue weighted by Crippen LogP contribution is 2.33. The molecule has 1 aromatic rings. The van der Waals surface area contributed by atoms with Crippen LogP contribution in [0.4, 0.5) is 0 Å². The van der Waals surface area contributed by atoms with E-state index in [-0.39, 0.29) is 0 Å². The largest absolute Gasteiger partial charge is 0.390 e. The molecule has 1 atom stereocenters. The van der Waals surface area contributed by atoms with Crippen LogP contribution in [-0.4, -0.2) is 26.9 Å². The van der Waals surface area contributed by atoms with Gasteiger partial charge in [-0.3, -0.25) is 0 Å². The van der Waals surface area contributed by atoms with Crippen molar-refractivity contribution >= 4 is 11.3 Å². The van der Waals surface area contributed by atoms with Crippen LogP contribution in [0.1, 0.15) is 30.7 Å². The first kappa shape index (κ1) is 10.1. The van der Waals surface area contributed by atoms with Crippen molar-refractivity contribution in [1.82, 2.24) is 4.98 Å². The average molecular weight is 213 g/mol. The Morgan fingerprint density at radius 2 is 2.21 bits per heavy atom. The molecule has 0 aromatic carbocycles. The Hall–Kier alpha value is -0.450. The molecule has 14 heavy (non-hydrogen) atoms. The zero-order valence-electron chi connectivity index (χ0n) is 8.02. The fraction of sp³-hybridized carbons (Fsp3) is 0.700. The third kappa shape index (κ3) is 1.97. The van der Waals surface area contributed by atoms with Crippen LogP contribution < -0.4 is 0 Å². The Morgan fingerprint density at radius 3 is 2.79 bits per heavy atom. The molecule has 2 N–H and O–H groups in total. The highest BCUT2D eigenvalue weighted by atomic mass is 32.1. The molecule has 0 spiro atoms. The maximum atomic E-state index is 10.1. The summed E-state index contributed by atoms with van der Waals surface area (Å²) in [7, 11) is 0. The summed E-state index contributed by atoms with van der Waals surface area (Å²) in [6, 6.07) is 0. The maximum absolute atomic E-state index is 10.1. The number of hydrogen-bond donors (Lipinski definition) is 2. The number of hydrogen-bond acceptors (Lipinski definition) is 4. The minimum absolute atomic E-state index is 0.480. The van der Waals surface area contributed by atoms with Crippen LogP contribution in [0.2, 0.25) is 0 Å². The molecule has 0 radical (unpaired) electrons. The predicted octanol–water partition coefficient (Wildman–Crippen LogP) is 1.35. The Morgan fingerprint density at radius 1 is 1.50 bits per heavy atom. The summed E-state index contributed by atoms with van der Waals surface area (Å²) in [6.07, 6.45) is 5.03. The monoisotopic (exact) mass is 213 g/mol. The molecule has 1 aliphatic carbocycles. The smallest absolute Gasteiger partial charge is 0.0951 e. The molecule has 1 aromatic heterocycles. The van der Waals surface area contributed by atoms with Crippen molar-refractivity contribution in [3.8, 4) is 0 Å². The van der Waals surface area contributed by atoms with Gasteiger partial charge in [0.25, 0.3) is 0 Å². The second kappa shape index (κ2) is 3.96. The molecular formula is C10H15NO2S. The molecule has 3 nitrogen and oxygen atoms in total. The lowest BCUT2D eigenvalue weighted by atomic mass is 9.93. The van der Waals surface area contributed by atoms with E-state index < -0.39 is 11.7 Å². The summed E-state index contributed by atoms with van der Waals surface area (Å²) < 4.78 is 0. The van der Waals surface area contributed by atoms with Gasteiger partial charge in [0.15, 0.2) is 0 Å². The van der Waals surface area contributed by atoms with E-state index in [0.29, 0.717) is 6.42 Å². The predicted molar refractivity (Wildman–Crippen MR) is 55.2 cm³/mol.